The van der Waals surface area contributed by atoms with Crippen LogP contribution in [0.2, 0.25) is 0 Å². The van der Waals surface area contributed by atoms with Gasteiger partial charge >= 0.3 is 0 Å². The van der Waals surface area contributed by atoms with Crippen molar-refractivity contribution >= 4 is 0 Å². The van der Waals surface area contributed by atoms with Gasteiger partial charge in [0.25, 0.3) is 0 Å². The summed E-state index contributed by atoms with van der Waals surface area (Å²) in [5.41, 5.74) is 24.5. The topological polar surface area (TPSA) is 114 Å². The minimum Gasteiger partial charge on any atom is -0.405 e. The number of likely N-dealkylation sites (tertiary alicyclic amines) is 2. The SMILES string of the molecule is N/C=C\C(=C/N)CN1CCC(N2CCC(N(CC(/C=C\N)=C/N)Cc3c(F)cccc3F)CC2)CC1. The van der Waals surface area contributed by atoms with E-state index in [9.17, 15) is 8.78 Å². The second-order valence-electron chi connectivity index (χ2n) is 9.58. The Morgan fingerprint density at radius 1 is 0.861 bits per heavy atom. The molecule has 2 saturated heterocycles. The van der Waals surface area contributed by atoms with Gasteiger partial charge in [0, 0.05) is 37.3 Å². The van der Waals surface area contributed by atoms with Crippen molar-refractivity contribution in [3.05, 3.63) is 83.5 Å². The zero-order valence-electron chi connectivity index (χ0n) is 21.0. The Morgan fingerprint density at radius 3 is 2.00 bits per heavy atom. The second kappa shape index (κ2) is 14.0. The summed E-state index contributed by atoms with van der Waals surface area (Å²) >= 11 is 0. The number of hydrogen-bond donors (Lipinski definition) is 4. The fraction of sp³-hybridized carbons (Fsp3) is 0.481. The van der Waals surface area contributed by atoms with Crippen LogP contribution in [0, 0.1) is 11.6 Å². The molecule has 1 aromatic rings. The predicted molar refractivity (Wildman–Crippen MR) is 142 cm³/mol. The Bertz CT molecular complexity index is 923. The van der Waals surface area contributed by atoms with Crippen molar-refractivity contribution < 1.29 is 8.78 Å². The van der Waals surface area contributed by atoms with Gasteiger partial charge in [-0.25, -0.2) is 8.78 Å². The molecule has 0 aliphatic carbocycles. The van der Waals surface area contributed by atoms with E-state index in [0.717, 1.165) is 69.6 Å². The zero-order valence-corrected chi connectivity index (χ0v) is 21.0. The van der Waals surface area contributed by atoms with E-state index in [1.54, 1.807) is 12.3 Å². The number of nitrogens with two attached hydrogens (primary N) is 4. The average molecular weight is 502 g/mol. The van der Waals surface area contributed by atoms with Crippen molar-refractivity contribution in [2.75, 3.05) is 39.3 Å². The van der Waals surface area contributed by atoms with Gasteiger partial charge in [-0.3, -0.25) is 9.80 Å². The maximum absolute atomic E-state index is 14.5. The number of benzene rings is 1. The Hall–Kier alpha value is -2.88. The van der Waals surface area contributed by atoms with Crippen molar-refractivity contribution in [2.45, 2.75) is 44.3 Å². The van der Waals surface area contributed by atoms with Crippen LogP contribution in [-0.4, -0.2) is 66.1 Å². The minimum atomic E-state index is -0.522. The smallest absolute Gasteiger partial charge is 0.130 e. The normalized spacial score (nSPS) is 20.3. The number of hydrogen-bond acceptors (Lipinski definition) is 7. The van der Waals surface area contributed by atoms with Crippen LogP contribution in [0.15, 0.2) is 66.3 Å². The third-order valence-electron chi connectivity index (χ3n) is 7.35. The molecule has 198 valence electrons. The van der Waals surface area contributed by atoms with Gasteiger partial charge in [0.2, 0.25) is 0 Å². The van der Waals surface area contributed by atoms with Gasteiger partial charge in [-0.1, -0.05) is 6.07 Å². The van der Waals surface area contributed by atoms with E-state index in [4.69, 9.17) is 22.9 Å². The molecular formula is C27H41F2N7. The maximum Gasteiger partial charge on any atom is 0.130 e. The first-order chi connectivity index (χ1) is 17.5. The highest BCUT2D eigenvalue weighted by Gasteiger charge is 2.31. The highest BCUT2D eigenvalue weighted by atomic mass is 19.1. The summed E-state index contributed by atoms with van der Waals surface area (Å²) in [5, 5.41) is 0. The van der Waals surface area contributed by atoms with Crippen LogP contribution >= 0.6 is 0 Å². The maximum atomic E-state index is 14.5. The fourth-order valence-electron chi connectivity index (χ4n) is 5.32. The van der Waals surface area contributed by atoms with Gasteiger partial charge in [-0.15, -0.1) is 0 Å². The third-order valence-corrected chi connectivity index (χ3v) is 7.35. The Kier molecular flexibility index (Phi) is 10.8. The van der Waals surface area contributed by atoms with E-state index in [0.29, 0.717) is 12.6 Å². The summed E-state index contributed by atoms with van der Waals surface area (Å²) in [5.74, 6) is -1.04. The fourth-order valence-corrected chi connectivity index (χ4v) is 5.32. The molecule has 0 saturated carbocycles. The van der Waals surface area contributed by atoms with Gasteiger partial charge in [0.1, 0.15) is 11.6 Å². The monoisotopic (exact) mass is 501 g/mol. The lowest BCUT2D eigenvalue weighted by Crippen LogP contribution is -2.51. The van der Waals surface area contributed by atoms with Crippen LogP contribution in [0.5, 0.6) is 0 Å². The predicted octanol–water partition coefficient (Wildman–Crippen LogP) is 2.33. The third kappa shape index (κ3) is 7.56. The molecule has 2 aliphatic rings. The lowest BCUT2D eigenvalue weighted by molar-refractivity contribution is 0.0564. The quantitative estimate of drug-likeness (QED) is 0.364. The molecule has 36 heavy (non-hydrogen) atoms. The van der Waals surface area contributed by atoms with Crippen LogP contribution in [-0.2, 0) is 6.54 Å². The van der Waals surface area contributed by atoms with Crippen LogP contribution in [0.1, 0.15) is 31.2 Å². The Labute approximate surface area is 213 Å². The summed E-state index contributed by atoms with van der Waals surface area (Å²) in [6.07, 6.45) is 13.8. The molecule has 0 radical (unpaired) electrons. The summed E-state index contributed by atoms with van der Waals surface area (Å²) in [6.45, 7) is 5.45. The van der Waals surface area contributed by atoms with Gasteiger partial charge in [0.15, 0.2) is 0 Å². The number of rotatable bonds is 10. The molecule has 0 bridgehead atoms. The molecular weight excluding hydrogens is 460 g/mol. The molecule has 7 nitrogen and oxygen atoms in total. The molecule has 0 amide bonds. The van der Waals surface area contributed by atoms with Crippen LogP contribution < -0.4 is 22.9 Å². The zero-order chi connectivity index (χ0) is 25.9. The molecule has 2 aliphatic heterocycles. The molecule has 0 atom stereocenters. The lowest BCUT2D eigenvalue weighted by atomic mass is 9.96. The standard InChI is InChI=1S/C27H41F2N7/c28-26-2-1-3-27(29)25(26)20-36(19-22(17-33)5-11-31)24-8-14-35(15-9-24)23-6-12-34(13-7-23)18-21(16-32)4-10-30/h1-5,10-11,16-17,23-24H,6-9,12-15,18-20,30-33H2/b10-4-,11-5-,21-16+,22-17+. The summed E-state index contributed by atoms with van der Waals surface area (Å²) < 4.78 is 28.9. The first-order valence-corrected chi connectivity index (χ1v) is 12.7. The summed E-state index contributed by atoms with van der Waals surface area (Å²) in [4.78, 5) is 7.12. The van der Waals surface area contributed by atoms with E-state index in [1.165, 1.54) is 36.8 Å². The molecule has 0 aromatic heterocycles. The van der Waals surface area contributed by atoms with Crippen LogP contribution in [0.25, 0.3) is 0 Å². The van der Waals surface area contributed by atoms with Crippen molar-refractivity contribution in [1.82, 2.24) is 14.7 Å². The van der Waals surface area contributed by atoms with Crippen molar-refractivity contribution in [2.24, 2.45) is 22.9 Å². The van der Waals surface area contributed by atoms with E-state index in [1.807, 2.05) is 6.08 Å². The van der Waals surface area contributed by atoms with Crippen LogP contribution in [0.4, 0.5) is 8.78 Å². The van der Waals surface area contributed by atoms with E-state index >= 15 is 0 Å². The molecule has 0 unspecified atom stereocenters. The molecule has 3 rings (SSSR count). The van der Waals surface area contributed by atoms with E-state index in [2.05, 4.69) is 14.7 Å². The largest absolute Gasteiger partial charge is 0.405 e. The second-order valence-corrected chi connectivity index (χ2v) is 9.58. The molecule has 2 heterocycles. The first-order valence-electron chi connectivity index (χ1n) is 12.7. The van der Waals surface area contributed by atoms with Gasteiger partial charge in [-0.2, -0.15) is 0 Å². The van der Waals surface area contributed by atoms with E-state index in [-0.39, 0.29) is 18.2 Å². The Morgan fingerprint density at radius 2 is 1.44 bits per heavy atom. The van der Waals surface area contributed by atoms with E-state index < -0.39 is 11.6 Å². The van der Waals surface area contributed by atoms with Crippen molar-refractivity contribution in [3.63, 3.8) is 0 Å². The molecule has 2 fully saturated rings. The van der Waals surface area contributed by atoms with Crippen molar-refractivity contribution in [1.29, 1.82) is 0 Å². The molecule has 1 aromatic carbocycles. The Balaban J connectivity index is 1.59. The van der Waals surface area contributed by atoms with Gasteiger partial charge in [0.05, 0.1) is 0 Å². The number of nitrogens with zero attached hydrogens (tertiary/aromatic N) is 3. The minimum absolute atomic E-state index is 0.0933. The van der Waals surface area contributed by atoms with Gasteiger partial charge in [-0.05, 0) is 112 Å². The molecule has 8 N–H and O–H groups in total. The molecule has 0 spiro atoms. The van der Waals surface area contributed by atoms with Crippen LogP contribution in [0.3, 0.4) is 0 Å². The molecule has 9 heteroatoms. The highest BCUT2D eigenvalue weighted by molar-refractivity contribution is 5.22. The number of piperidine rings is 2. The van der Waals surface area contributed by atoms with Crippen molar-refractivity contribution in [3.8, 4) is 0 Å². The number of halogens is 2. The average Bonchev–Trinajstić information content (AvgIpc) is 2.90. The lowest BCUT2D eigenvalue weighted by Gasteiger charge is -2.44. The first kappa shape index (κ1) is 27.7. The summed E-state index contributed by atoms with van der Waals surface area (Å²) in [7, 11) is 0. The van der Waals surface area contributed by atoms with Gasteiger partial charge < -0.3 is 27.8 Å². The highest BCUT2D eigenvalue weighted by Crippen LogP contribution is 2.26. The summed E-state index contributed by atoms with van der Waals surface area (Å²) in [6, 6.07) is 4.76.